The van der Waals surface area contributed by atoms with Crippen molar-refractivity contribution in [2.75, 3.05) is 19.6 Å². The molecule has 1 amide bonds. The second kappa shape index (κ2) is 7.53. The maximum Gasteiger partial charge on any atom is 0.257 e. The Morgan fingerprint density at radius 2 is 1.62 bits per heavy atom. The SMILES string of the molecule is O=C(NCC(c1ccccc1)N1CCCC1)c1c(F)cccc1F. The topological polar surface area (TPSA) is 32.3 Å². The molecule has 0 spiro atoms. The first-order valence-electron chi connectivity index (χ1n) is 8.18. The van der Waals surface area contributed by atoms with Crippen molar-refractivity contribution >= 4 is 5.91 Å². The number of likely N-dealkylation sites (tertiary alicyclic amines) is 1. The van der Waals surface area contributed by atoms with E-state index >= 15 is 0 Å². The lowest BCUT2D eigenvalue weighted by Crippen LogP contribution is -2.37. The van der Waals surface area contributed by atoms with E-state index in [0.29, 0.717) is 6.54 Å². The van der Waals surface area contributed by atoms with Crippen molar-refractivity contribution < 1.29 is 13.6 Å². The van der Waals surface area contributed by atoms with E-state index in [2.05, 4.69) is 10.2 Å². The van der Waals surface area contributed by atoms with Gasteiger partial charge in [-0.15, -0.1) is 0 Å². The summed E-state index contributed by atoms with van der Waals surface area (Å²) in [6, 6.07) is 13.3. The first-order chi connectivity index (χ1) is 11.7. The van der Waals surface area contributed by atoms with E-state index in [1.54, 1.807) is 0 Å². The van der Waals surface area contributed by atoms with Crippen molar-refractivity contribution in [1.82, 2.24) is 10.2 Å². The van der Waals surface area contributed by atoms with Crippen molar-refractivity contribution in [1.29, 1.82) is 0 Å². The Balaban J connectivity index is 1.75. The Bertz CT molecular complexity index is 680. The quantitative estimate of drug-likeness (QED) is 0.909. The summed E-state index contributed by atoms with van der Waals surface area (Å²) in [5, 5.41) is 2.70. The molecule has 0 saturated carbocycles. The van der Waals surface area contributed by atoms with Gasteiger partial charge in [0.1, 0.15) is 17.2 Å². The molecule has 1 aliphatic heterocycles. The second-order valence-electron chi connectivity index (χ2n) is 5.98. The fourth-order valence-electron chi connectivity index (χ4n) is 3.18. The molecule has 1 atom stereocenters. The molecular formula is C19H20F2N2O. The summed E-state index contributed by atoms with van der Waals surface area (Å²) in [6.07, 6.45) is 2.25. The minimum atomic E-state index is -0.843. The standard InChI is InChI=1S/C19H20F2N2O/c20-15-9-6-10-16(21)18(15)19(24)22-13-17(23-11-4-5-12-23)14-7-2-1-3-8-14/h1-3,6-10,17H,4-5,11-13H2,(H,22,24). The summed E-state index contributed by atoms with van der Waals surface area (Å²) in [7, 11) is 0. The Morgan fingerprint density at radius 1 is 1.00 bits per heavy atom. The van der Waals surface area contributed by atoms with Crippen molar-refractivity contribution in [2.24, 2.45) is 0 Å². The molecule has 3 rings (SSSR count). The number of hydrogen-bond acceptors (Lipinski definition) is 2. The molecule has 1 fully saturated rings. The van der Waals surface area contributed by atoms with Gasteiger partial charge in [0.25, 0.3) is 5.91 Å². The molecule has 24 heavy (non-hydrogen) atoms. The zero-order valence-corrected chi connectivity index (χ0v) is 13.3. The Hall–Kier alpha value is -2.27. The van der Waals surface area contributed by atoms with Crippen molar-refractivity contribution in [3.8, 4) is 0 Å². The van der Waals surface area contributed by atoms with Crippen molar-refractivity contribution in [3.63, 3.8) is 0 Å². The zero-order valence-electron chi connectivity index (χ0n) is 13.3. The molecule has 126 valence electrons. The molecule has 3 nitrogen and oxygen atoms in total. The number of nitrogens with one attached hydrogen (secondary N) is 1. The number of rotatable bonds is 5. The number of amides is 1. The van der Waals surface area contributed by atoms with Crippen LogP contribution in [0.5, 0.6) is 0 Å². The smallest absolute Gasteiger partial charge is 0.257 e. The van der Waals surface area contributed by atoms with E-state index in [1.807, 2.05) is 30.3 Å². The molecule has 1 aliphatic rings. The van der Waals surface area contributed by atoms with Crippen LogP contribution in [0.1, 0.15) is 34.8 Å². The van der Waals surface area contributed by atoms with Crippen molar-refractivity contribution in [3.05, 3.63) is 71.3 Å². The summed E-state index contributed by atoms with van der Waals surface area (Å²) in [5.74, 6) is -2.40. The highest BCUT2D eigenvalue weighted by Crippen LogP contribution is 2.24. The van der Waals surface area contributed by atoms with Crippen LogP contribution in [0.2, 0.25) is 0 Å². The summed E-state index contributed by atoms with van der Waals surface area (Å²) in [5.41, 5.74) is 0.569. The van der Waals surface area contributed by atoms with Crippen LogP contribution in [-0.4, -0.2) is 30.4 Å². The summed E-state index contributed by atoms with van der Waals surface area (Å²) in [6.45, 7) is 2.24. The molecule has 1 heterocycles. The van der Waals surface area contributed by atoms with Gasteiger partial charge in [-0.05, 0) is 43.6 Å². The molecule has 0 radical (unpaired) electrons. The van der Waals surface area contributed by atoms with Gasteiger partial charge in [-0.2, -0.15) is 0 Å². The molecular weight excluding hydrogens is 310 g/mol. The number of carbonyl (C=O) groups excluding carboxylic acids is 1. The fourth-order valence-corrected chi connectivity index (χ4v) is 3.18. The van der Waals surface area contributed by atoms with Crippen LogP contribution in [0.3, 0.4) is 0 Å². The number of benzene rings is 2. The maximum atomic E-state index is 13.7. The van der Waals surface area contributed by atoms with E-state index in [4.69, 9.17) is 0 Å². The maximum absolute atomic E-state index is 13.7. The van der Waals surface area contributed by atoms with Crippen molar-refractivity contribution in [2.45, 2.75) is 18.9 Å². The van der Waals surface area contributed by atoms with Gasteiger partial charge < -0.3 is 5.32 Å². The highest BCUT2D eigenvalue weighted by Gasteiger charge is 2.25. The lowest BCUT2D eigenvalue weighted by molar-refractivity contribution is 0.0929. The molecule has 1 unspecified atom stereocenters. The van der Waals surface area contributed by atoms with E-state index < -0.39 is 23.1 Å². The molecule has 2 aromatic carbocycles. The Kier molecular flexibility index (Phi) is 5.20. The molecule has 0 aliphatic carbocycles. The second-order valence-corrected chi connectivity index (χ2v) is 5.98. The monoisotopic (exact) mass is 330 g/mol. The van der Waals surface area contributed by atoms with Gasteiger partial charge in [0, 0.05) is 6.54 Å². The van der Waals surface area contributed by atoms with Crippen LogP contribution in [0.15, 0.2) is 48.5 Å². The normalized spacial score (nSPS) is 16.1. The average Bonchev–Trinajstić information content (AvgIpc) is 3.10. The predicted octanol–water partition coefficient (Wildman–Crippen LogP) is 3.53. The molecule has 1 saturated heterocycles. The van der Waals surface area contributed by atoms with E-state index in [-0.39, 0.29) is 6.04 Å². The molecule has 2 aromatic rings. The van der Waals surface area contributed by atoms with E-state index in [1.165, 1.54) is 6.07 Å². The minimum absolute atomic E-state index is 0.00693. The Morgan fingerprint density at radius 3 is 2.25 bits per heavy atom. The average molecular weight is 330 g/mol. The van der Waals surface area contributed by atoms with E-state index in [9.17, 15) is 13.6 Å². The summed E-state index contributed by atoms with van der Waals surface area (Å²) in [4.78, 5) is 14.5. The van der Waals surface area contributed by atoms with Gasteiger partial charge in [-0.1, -0.05) is 36.4 Å². The summed E-state index contributed by atoms with van der Waals surface area (Å²) >= 11 is 0. The van der Waals surface area contributed by atoms with Gasteiger partial charge in [-0.3, -0.25) is 9.69 Å². The van der Waals surface area contributed by atoms with Gasteiger partial charge >= 0.3 is 0 Å². The summed E-state index contributed by atoms with van der Waals surface area (Å²) < 4.78 is 27.5. The van der Waals surface area contributed by atoms with Gasteiger partial charge in [0.2, 0.25) is 0 Å². The van der Waals surface area contributed by atoms with Crippen LogP contribution in [0.25, 0.3) is 0 Å². The number of hydrogen-bond donors (Lipinski definition) is 1. The van der Waals surface area contributed by atoms with Crippen LogP contribution >= 0.6 is 0 Å². The van der Waals surface area contributed by atoms with Gasteiger partial charge in [0.05, 0.1) is 6.04 Å². The molecule has 1 N–H and O–H groups in total. The van der Waals surface area contributed by atoms with Gasteiger partial charge in [-0.25, -0.2) is 8.78 Å². The lowest BCUT2D eigenvalue weighted by Gasteiger charge is -2.28. The number of nitrogens with zero attached hydrogens (tertiary/aromatic N) is 1. The predicted molar refractivity (Wildman–Crippen MR) is 88.7 cm³/mol. The number of halogens is 2. The fraction of sp³-hybridized carbons (Fsp3) is 0.316. The van der Waals surface area contributed by atoms with Crippen LogP contribution in [-0.2, 0) is 0 Å². The first-order valence-corrected chi connectivity index (χ1v) is 8.18. The highest BCUT2D eigenvalue weighted by atomic mass is 19.1. The highest BCUT2D eigenvalue weighted by molar-refractivity contribution is 5.94. The molecule has 0 aromatic heterocycles. The van der Waals surface area contributed by atoms with Crippen LogP contribution < -0.4 is 5.32 Å². The van der Waals surface area contributed by atoms with E-state index in [0.717, 1.165) is 43.6 Å². The van der Waals surface area contributed by atoms with Crippen LogP contribution in [0.4, 0.5) is 8.78 Å². The third-order valence-corrected chi connectivity index (χ3v) is 4.41. The zero-order chi connectivity index (χ0) is 16.9. The van der Waals surface area contributed by atoms with Gasteiger partial charge in [0.15, 0.2) is 0 Å². The minimum Gasteiger partial charge on any atom is -0.350 e. The third-order valence-electron chi connectivity index (χ3n) is 4.41. The third kappa shape index (κ3) is 3.62. The number of carbonyl (C=O) groups is 1. The molecule has 5 heteroatoms. The first kappa shape index (κ1) is 16.6. The largest absolute Gasteiger partial charge is 0.350 e. The van der Waals surface area contributed by atoms with Crippen LogP contribution in [0, 0.1) is 11.6 Å². The Labute approximate surface area is 140 Å². The lowest BCUT2D eigenvalue weighted by atomic mass is 10.1. The molecule has 0 bridgehead atoms.